The van der Waals surface area contributed by atoms with Crippen molar-refractivity contribution in [1.82, 2.24) is 14.8 Å². The highest BCUT2D eigenvalue weighted by atomic mass is 16.3. The number of amides is 1. The number of hydrogen-bond donors (Lipinski definition) is 2. The van der Waals surface area contributed by atoms with Crippen LogP contribution in [0.15, 0.2) is 30.3 Å². The number of H-pyrrole nitrogens is 1. The van der Waals surface area contributed by atoms with E-state index in [1.54, 1.807) is 4.90 Å². The van der Waals surface area contributed by atoms with E-state index in [0.717, 1.165) is 24.0 Å². The van der Waals surface area contributed by atoms with Gasteiger partial charge in [0.2, 0.25) is 0 Å². The fourth-order valence-corrected chi connectivity index (χ4v) is 3.90. The number of aliphatic hydroxyl groups is 1. The second-order valence-corrected chi connectivity index (χ2v) is 6.71. The molecule has 2 fully saturated rings. The van der Waals surface area contributed by atoms with Crippen molar-refractivity contribution < 1.29 is 9.90 Å². The van der Waals surface area contributed by atoms with Gasteiger partial charge in [0, 0.05) is 24.0 Å². The summed E-state index contributed by atoms with van der Waals surface area (Å²) in [6, 6.07) is 9.89. The topological polar surface area (TPSA) is 59.6 Å². The molecule has 0 bridgehead atoms. The Balaban J connectivity index is 1.50. The van der Waals surface area contributed by atoms with Crippen LogP contribution in [-0.2, 0) is 0 Å². The summed E-state index contributed by atoms with van der Waals surface area (Å²) < 4.78 is 0. The van der Waals surface area contributed by atoms with Gasteiger partial charge >= 0.3 is 0 Å². The predicted molar refractivity (Wildman–Crippen MR) is 89.4 cm³/mol. The molecule has 2 aliphatic rings. The van der Waals surface area contributed by atoms with Crippen molar-refractivity contribution in [2.45, 2.75) is 31.4 Å². The van der Waals surface area contributed by atoms with E-state index in [1.807, 2.05) is 30.3 Å². The molecule has 0 unspecified atom stereocenters. The number of benzene rings is 1. The first-order valence-corrected chi connectivity index (χ1v) is 8.51. The van der Waals surface area contributed by atoms with E-state index in [1.165, 1.54) is 19.3 Å². The molecule has 0 aliphatic carbocycles. The van der Waals surface area contributed by atoms with Gasteiger partial charge in [0.25, 0.3) is 5.91 Å². The number of nitrogens with zero attached hydrogens (tertiary/aromatic N) is 2. The van der Waals surface area contributed by atoms with E-state index in [-0.39, 0.29) is 11.9 Å². The van der Waals surface area contributed by atoms with E-state index >= 15 is 0 Å². The number of aromatic amines is 1. The zero-order valence-electron chi connectivity index (χ0n) is 13.2. The minimum Gasteiger partial charge on any atom is -0.390 e. The second kappa shape index (κ2) is 5.98. The maximum absolute atomic E-state index is 12.8. The molecule has 5 heteroatoms. The molecule has 23 heavy (non-hydrogen) atoms. The normalized spacial score (nSPS) is 26.0. The summed E-state index contributed by atoms with van der Waals surface area (Å²) in [5, 5.41) is 11.4. The van der Waals surface area contributed by atoms with E-state index in [2.05, 4.69) is 9.88 Å². The monoisotopic (exact) mass is 313 g/mol. The van der Waals surface area contributed by atoms with E-state index < -0.39 is 6.10 Å². The van der Waals surface area contributed by atoms with Crippen LogP contribution in [0.5, 0.6) is 0 Å². The lowest BCUT2D eigenvalue weighted by molar-refractivity contribution is 0.0702. The molecule has 2 saturated heterocycles. The maximum atomic E-state index is 12.8. The number of carbonyl (C=O) groups excluding carboxylic acids is 1. The molecule has 1 amide bonds. The van der Waals surface area contributed by atoms with Gasteiger partial charge in [-0.15, -0.1) is 0 Å². The fraction of sp³-hybridized carbons (Fsp3) is 0.500. The third kappa shape index (κ3) is 2.75. The SMILES string of the molecule is O=C(c1cc2ccccc2[nH]1)N1C[C@H](O)[C@@H](N2CCCCC2)C1. The number of likely N-dealkylation sites (tertiary alicyclic amines) is 2. The average Bonchev–Trinajstić information content (AvgIpc) is 3.18. The number of nitrogens with one attached hydrogen (secondary N) is 1. The van der Waals surface area contributed by atoms with Crippen LogP contribution in [0.25, 0.3) is 10.9 Å². The van der Waals surface area contributed by atoms with Gasteiger partial charge in [0.15, 0.2) is 0 Å². The van der Waals surface area contributed by atoms with Gasteiger partial charge in [-0.3, -0.25) is 9.69 Å². The number of carbonyl (C=O) groups is 1. The third-order valence-electron chi connectivity index (χ3n) is 5.17. The number of rotatable bonds is 2. The average molecular weight is 313 g/mol. The molecule has 2 aliphatic heterocycles. The van der Waals surface area contributed by atoms with Crippen LogP contribution in [0.3, 0.4) is 0 Å². The van der Waals surface area contributed by atoms with Crippen LogP contribution in [0.2, 0.25) is 0 Å². The molecule has 0 radical (unpaired) electrons. The highest BCUT2D eigenvalue weighted by Crippen LogP contribution is 2.23. The number of piperidine rings is 1. The molecule has 1 aromatic heterocycles. The van der Waals surface area contributed by atoms with Crippen molar-refractivity contribution in [2.24, 2.45) is 0 Å². The van der Waals surface area contributed by atoms with Gasteiger partial charge in [-0.2, -0.15) is 0 Å². The van der Waals surface area contributed by atoms with Gasteiger partial charge in [-0.25, -0.2) is 0 Å². The highest BCUT2D eigenvalue weighted by Gasteiger charge is 2.38. The lowest BCUT2D eigenvalue weighted by Gasteiger charge is -2.33. The maximum Gasteiger partial charge on any atom is 0.270 e. The van der Waals surface area contributed by atoms with Crippen molar-refractivity contribution in [2.75, 3.05) is 26.2 Å². The summed E-state index contributed by atoms with van der Waals surface area (Å²) in [7, 11) is 0. The van der Waals surface area contributed by atoms with Gasteiger partial charge in [0.1, 0.15) is 5.69 Å². The fourth-order valence-electron chi connectivity index (χ4n) is 3.90. The first-order valence-electron chi connectivity index (χ1n) is 8.51. The Morgan fingerprint density at radius 2 is 1.91 bits per heavy atom. The zero-order valence-corrected chi connectivity index (χ0v) is 13.2. The van der Waals surface area contributed by atoms with Crippen molar-refractivity contribution in [3.05, 3.63) is 36.0 Å². The molecule has 5 nitrogen and oxygen atoms in total. The van der Waals surface area contributed by atoms with Gasteiger partial charge in [0.05, 0.1) is 12.1 Å². The van der Waals surface area contributed by atoms with Crippen molar-refractivity contribution in [3.8, 4) is 0 Å². The number of aliphatic hydroxyl groups excluding tert-OH is 1. The zero-order chi connectivity index (χ0) is 15.8. The summed E-state index contributed by atoms with van der Waals surface area (Å²) in [5.41, 5.74) is 1.58. The molecular formula is C18H23N3O2. The van der Waals surface area contributed by atoms with Crippen LogP contribution < -0.4 is 0 Å². The molecule has 0 saturated carbocycles. The van der Waals surface area contributed by atoms with Gasteiger partial charge in [-0.05, 0) is 38.1 Å². The predicted octanol–water partition coefficient (Wildman–Crippen LogP) is 1.84. The van der Waals surface area contributed by atoms with E-state index in [4.69, 9.17) is 0 Å². The second-order valence-electron chi connectivity index (χ2n) is 6.71. The van der Waals surface area contributed by atoms with Crippen molar-refractivity contribution >= 4 is 16.8 Å². The van der Waals surface area contributed by atoms with Crippen LogP contribution in [-0.4, -0.2) is 64.1 Å². The minimum atomic E-state index is -0.443. The quantitative estimate of drug-likeness (QED) is 0.889. The molecule has 3 heterocycles. The highest BCUT2D eigenvalue weighted by molar-refractivity contribution is 5.98. The molecule has 0 spiro atoms. The largest absolute Gasteiger partial charge is 0.390 e. The number of aromatic nitrogens is 1. The first kappa shape index (κ1) is 14.7. The van der Waals surface area contributed by atoms with Gasteiger partial charge < -0.3 is 15.0 Å². The van der Waals surface area contributed by atoms with Crippen molar-refractivity contribution in [3.63, 3.8) is 0 Å². The smallest absolute Gasteiger partial charge is 0.270 e. The van der Waals surface area contributed by atoms with Gasteiger partial charge in [-0.1, -0.05) is 24.6 Å². The molecule has 1 aromatic carbocycles. The van der Waals surface area contributed by atoms with Crippen LogP contribution >= 0.6 is 0 Å². The summed E-state index contributed by atoms with van der Waals surface area (Å²) in [6.45, 7) is 3.12. The molecule has 4 rings (SSSR count). The van der Waals surface area contributed by atoms with Crippen molar-refractivity contribution in [1.29, 1.82) is 0 Å². The standard InChI is InChI=1S/C18H23N3O2/c22-17-12-21(11-16(17)20-8-4-1-5-9-20)18(23)15-10-13-6-2-3-7-14(13)19-15/h2-3,6-7,10,16-17,19,22H,1,4-5,8-9,11-12H2/t16-,17-/m0/s1. The van der Waals surface area contributed by atoms with Crippen LogP contribution in [0.1, 0.15) is 29.8 Å². The Hall–Kier alpha value is -1.85. The molecule has 2 N–H and O–H groups in total. The summed E-state index contributed by atoms with van der Waals surface area (Å²) in [5.74, 6) is -0.0141. The summed E-state index contributed by atoms with van der Waals surface area (Å²) >= 11 is 0. The Morgan fingerprint density at radius 1 is 1.13 bits per heavy atom. The van der Waals surface area contributed by atoms with Crippen LogP contribution in [0.4, 0.5) is 0 Å². The third-order valence-corrected chi connectivity index (χ3v) is 5.17. The lowest BCUT2D eigenvalue weighted by atomic mass is 10.1. The summed E-state index contributed by atoms with van der Waals surface area (Å²) in [4.78, 5) is 20.1. The Labute approximate surface area is 135 Å². The Bertz CT molecular complexity index is 672. The molecular weight excluding hydrogens is 290 g/mol. The minimum absolute atomic E-state index is 0.0141. The number of para-hydroxylation sites is 1. The first-order chi connectivity index (χ1) is 11.2. The Morgan fingerprint density at radius 3 is 2.70 bits per heavy atom. The molecule has 2 aromatic rings. The Kier molecular flexibility index (Phi) is 3.83. The van der Waals surface area contributed by atoms with E-state index in [0.29, 0.717) is 18.8 Å². The summed E-state index contributed by atoms with van der Waals surface area (Å²) in [6.07, 6.45) is 3.22. The van der Waals surface area contributed by atoms with Crippen LogP contribution in [0, 0.1) is 0 Å². The molecule has 2 atom stereocenters. The lowest BCUT2D eigenvalue weighted by Crippen LogP contribution is -2.46. The number of fused-ring (bicyclic) bond motifs is 1. The van der Waals surface area contributed by atoms with E-state index in [9.17, 15) is 9.90 Å². The number of β-amino-alcohol motifs (C(OH)–C–C–N with tert-alkyl or cyclic N) is 1. The number of hydrogen-bond acceptors (Lipinski definition) is 3. The molecule has 122 valence electrons.